The predicted octanol–water partition coefficient (Wildman–Crippen LogP) is 2.54. The van der Waals surface area contributed by atoms with Crippen LogP contribution >= 0.6 is 0 Å². The number of nitrogens with two attached hydrogens (primary N) is 1. The lowest BCUT2D eigenvalue weighted by molar-refractivity contribution is -0.155. The van der Waals surface area contributed by atoms with Gasteiger partial charge >= 0.3 is 23.9 Å². The Kier molecular flexibility index (Phi) is 10.1. The first-order valence-electron chi connectivity index (χ1n) is 14.7. The van der Waals surface area contributed by atoms with Crippen molar-refractivity contribution in [2.75, 3.05) is 13.1 Å². The van der Waals surface area contributed by atoms with Crippen LogP contribution in [0.4, 0.5) is 0 Å². The normalized spacial score (nSPS) is 32.9. The Morgan fingerprint density at radius 1 is 0.683 bits per heavy atom. The number of fused-ring (bicyclic) bond motifs is 10. The van der Waals surface area contributed by atoms with Crippen molar-refractivity contribution in [2.45, 2.75) is 64.2 Å². The maximum absolute atomic E-state index is 12.3. The number of carboxylic acids is 2. The quantitative estimate of drug-likeness (QED) is 0.109. The lowest BCUT2D eigenvalue weighted by Crippen LogP contribution is -2.33. The number of nitrogens with zero attached hydrogens (tertiary/aromatic N) is 1. The molecule has 4 bridgehead atoms. The summed E-state index contributed by atoms with van der Waals surface area (Å²) in [5.41, 5.74) is 5.20. The minimum atomic E-state index is -0.796. The minimum Gasteiger partial charge on any atom is -0.481 e. The standard InChI is InChI=1S/C15H19NO4.C9H8O3.C6H13NO2/c17-11(18)4-2-1-3-7-16-14(19)12-9-5-6-10(8-9)13(12)15(16)20;10-8-6-4-1-2-5(3-4)7(6)9(11)12-8;7-5-3-1-2-4-6(8)9/h5-6,9-10,12-13H,1-4,7-8H2,(H,17,18);1-2,4-7H,3H2;1-5,7H2,(H,8,9). The van der Waals surface area contributed by atoms with Gasteiger partial charge in [-0.25, -0.2) is 0 Å². The summed E-state index contributed by atoms with van der Waals surface area (Å²) in [6, 6.07) is 0. The monoisotopic (exact) mass is 572 g/mol. The fourth-order valence-corrected chi connectivity index (χ4v) is 7.20. The van der Waals surface area contributed by atoms with Crippen LogP contribution in [0, 0.1) is 47.3 Å². The van der Waals surface area contributed by atoms with Gasteiger partial charge < -0.3 is 20.7 Å². The minimum absolute atomic E-state index is 0.00455. The van der Waals surface area contributed by atoms with Crippen LogP contribution in [0.5, 0.6) is 0 Å². The molecule has 0 aromatic carbocycles. The Balaban J connectivity index is 0.000000157. The molecule has 2 saturated carbocycles. The van der Waals surface area contributed by atoms with Gasteiger partial charge in [0.2, 0.25) is 11.8 Å². The van der Waals surface area contributed by atoms with Crippen molar-refractivity contribution in [3.05, 3.63) is 24.3 Å². The van der Waals surface area contributed by atoms with Gasteiger partial charge in [-0.1, -0.05) is 37.1 Å². The SMILES string of the molecule is NCCCCCC(=O)O.O=C(O)CCCCCN1C(=O)C2C3C=CC(C3)C2C1=O.O=C1OC(=O)C2C3C=CC(C3)C12. The van der Waals surface area contributed by atoms with Crippen LogP contribution in [0.3, 0.4) is 0 Å². The van der Waals surface area contributed by atoms with E-state index in [0.29, 0.717) is 25.9 Å². The second kappa shape index (κ2) is 13.5. The molecule has 2 aliphatic heterocycles. The molecule has 2 amide bonds. The van der Waals surface area contributed by atoms with E-state index in [1.165, 1.54) is 4.90 Å². The number of unbranched alkanes of at least 4 members (excludes halogenated alkanes) is 4. The summed E-state index contributed by atoms with van der Waals surface area (Å²) in [6.45, 7) is 1.11. The third-order valence-corrected chi connectivity index (χ3v) is 9.13. The number of allylic oxidation sites excluding steroid dienone is 4. The zero-order chi connectivity index (χ0) is 29.7. The molecular weight excluding hydrogens is 532 g/mol. The highest BCUT2D eigenvalue weighted by molar-refractivity contribution is 6.06. The van der Waals surface area contributed by atoms with E-state index < -0.39 is 11.9 Å². The van der Waals surface area contributed by atoms with Crippen molar-refractivity contribution in [3.63, 3.8) is 0 Å². The third kappa shape index (κ3) is 6.77. The van der Waals surface area contributed by atoms with Crippen molar-refractivity contribution in [3.8, 4) is 0 Å². The summed E-state index contributed by atoms with van der Waals surface area (Å²) >= 11 is 0. The van der Waals surface area contributed by atoms with E-state index in [0.717, 1.165) is 38.5 Å². The lowest BCUT2D eigenvalue weighted by Gasteiger charge is -2.16. The van der Waals surface area contributed by atoms with E-state index in [-0.39, 0.29) is 83.9 Å². The zero-order valence-corrected chi connectivity index (χ0v) is 23.2. The van der Waals surface area contributed by atoms with Gasteiger partial charge in [0, 0.05) is 19.4 Å². The van der Waals surface area contributed by atoms with Crippen LogP contribution in [-0.4, -0.2) is 63.9 Å². The van der Waals surface area contributed by atoms with Crippen molar-refractivity contribution in [1.29, 1.82) is 0 Å². The number of rotatable bonds is 11. The highest BCUT2D eigenvalue weighted by atomic mass is 16.6. The van der Waals surface area contributed by atoms with E-state index in [4.69, 9.17) is 15.9 Å². The van der Waals surface area contributed by atoms with Crippen LogP contribution in [0.1, 0.15) is 64.2 Å². The summed E-state index contributed by atoms with van der Waals surface area (Å²) in [6.07, 6.45) is 15.3. The zero-order valence-electron chi connectivity index (χ0n) is 23.2. The number of likely N-dealkylation sites (tertiary alicyclic amines) is 1. The van der Waals surface area contributed by atoms with E-state index in [1.54, 1.807) is 0 Å². The first-order valence-corrected chi connectivity index (χ1v) is 14.7. The van der Waals surface area contributed by atoms with Crippen LogP contribution in [0.25, 0.3) is 0 Å². The lowest BCUT2D eigenvalue weighted by atomic mass is 9.85. The third-order valence-electron chi connectivity index (χ3n) is 9.13. The molecule has 11 nitrogen and oxygen atoms in total. The molecule has 6 aliphatic rings. The molecule has 2 heterocycles. The fourth-order valence-electron chi connectivity index (χ4n) is 7.20. The number of carboxylic acid groups (broad SMARTS) is 2. The second-order valence-electron chi connectivity index (χ2n) is 11.8. The maximum Gasteiger partial charge on any atom is 0.318 e. The molecule has 11 heteroatoms. The molecular formula is C30H40N2O9. The average Bonchev–Trinajstić information content (AvgIpc) is 3.77. The Bertz CT molecular complexity index is 1060. The van der Waals surface area contributed by atoms with Crippen LogP contribution in [-0.2, 0) is 33.5 Å². The number of ether oxygens (including phenoxy) is 1. The Morgan fingerprint density at radius 3 is 1.51 bits per heavy atom. The van der Waals surface area contributed by atoms with E-state index in [2.05, 4.69) is 16.9 Å². The summed E-state index contributed by atoms with van der Waals surface area (Å²) < 4.78 is 4.59. The summed E-state index contributed by atoms with van der Waals surface area (Å²) in [7, 11) is 0. The number of amides is 2. The highest BCUT2D eigenvalue weighted by Gasteiger charge is 2.59. The predicted molar refractivity (Wildman–Crippen MR) is 145 cm³/mol. The van der Waals surface area contributed by atoms with Gasteiger partial charge in [0.25, 0.3) is 0 Å². The van der Waals surface area contributed by atoms with Gasteiger partial charge in [-0.05, 0) is 68.7 Å². The van der Waals surface area contributed by atoms with Crippen molar-refractivity contribution < 1.29 is 43.7 Å². The van der Waals surface area contributed by atoms with Gasteiger partial charge in [0.1, 0.15) is 0 Å². The maximum atomic E-state index is 12.3. The Morgan fingerprint density at radius 2 is 1.10 bits per heavy atom. The van der Waals surface area contributed by atoms with Crippen molar-refractivity contribution in [1.82, 2.24) is 4.90 Å². The summed E-state index contributed by atoms with van der Waals surface area (Å²) in [5.74, 6) is -1.57. The molecule has 4 fully saturated rings. The van der Waals surface area contributed by atoms with E-state index in [1.807, 2.05) is 12.2 Å². The van der Waals surface area contributed by atoms with Crippen LogP contribution in [0.15, 0.2) is 24.3 Å². The summed E-state index contributed by atoms with van der Waals surface area (Å²) in [4.78, 5) is 68.8. The topological polar surface area (TPSA) is 181 Å². The number of aliphatic carboxylic acids is 2. The number of carbonyl (C=O) groups excluding carboxylic acids is 4. The summed E-state index contributed by atoms with van der Waals surface area (Å²) in [5, 5.41) is 16.7. The van der Waals surface area contributed by atoms with Crippen molar-refractivity contribution >= 4 is 35.7 Å². The fraction of sp³-hybridized carbons (Fsp3) is 0.667. The number of carbonyl (C=O) groups is 6. The van der Waals surface area contributed by atoms with Gasteiger partial charge in [-0.15, -0.1) is 0 Å². The molecule has 0 radical (unpaired) electrons. The van der Waals surface area contributed by atoms with Crippen molar-refractivity contribution in [2.24, 2.45) is 53.1 Å². The van der Waals surface area contributed by atoms with Gasteiger partial charge in [0.05, 0.1) is 23.7 Å². The highest BCUT2D eigenvalue weighted by Crippen LogP contribution is 2.53. The Labute approximate surface area is 239 Å². The number of cyclic esters (lactones) is 2. The molecule has 4 aliphatic carbocycles. The number of imide groups is 1. The molecule has 2 saturated heterocycles. The van der Waals surface area contributed by atoms with Crippen LogP contribution < -0.4 is 5.73 Å². The molecule has 0 aromatic heterocycles. The molecule has 0 aromatic rings. The molecule has 41 heavy (non-hydrogen) atoms. The number of hydrogen-bond acceptors (Lipinski definition) is 8. The smallest absolute Gasteiger partial charge is 0.318 e. The second-order valence-corrected chi connectivity index (χ2v) is 11.8. The molecule has 8 atom stereocenters. The van der Waals surface area contributed by atoms with Gasteiger partial charge in [-0.2, -0.15) is 0 Å². The average molecular weight is 573 g/mol. The molecule has 6 rings (SSSR count). The number of hydrogen-bond donors (Lipinski definition) is 3. The molecule has 8 unspecified atom stereocenters. The first kappa shape index (κ1) is 30.6. The van der Waals surface area contributed by atoms with E-state index >= 15 is 0 Å². The Hall–Kier alpha value is -3.34. The molecule has 4 N–H and O–H groups in total. The van der Waals surface area contributed by atoms with Gasteiger partial charge in [0.15, 0.2) is 0 Å². The van der Waals surface area contributed by atoms with E-state index in [9.17, 15) is 28.8 Å². The van der Waals surface area contributed by atoms with Gasteiger partial charge in [-0.3, -0.25) is 33.7 Å². The van der Waals surface area contributed by atoms with Crippen LogP contribution in [0.2, 0.25) is 0 Å². The number of esters is 2. The molecule has 0 spiro atoms. The molecule has 224 valence electrons. The largest absolute Gasteiger partial charge is 0.481 e. The first-order chi connectivity index (χ1) is 19.6.